The van der Waals surface area contributed by atoms with E-state index in [9.17, 15) is 5.11 Å². The third-order valence-corrected chi connectivity index (χ3v) is 3.27. The van der Waals surface area contributed by atoms with Crippen LogP contribution in [0.25, 0.3) is 0 Å². The summed E-state index contributed by atoms with van der Waals surface area (Å²) in [6.45, 7) is 6.44. The van der Waals surface area contributed by atoms with Gasteiger partial charge in [-0.25, -0.2) is 4.98 Å². The van der Waals surface area contributed by atoms with Crippen molar-refractivity contribution < 1.29 is 14.6 Å². The second-order valence-corrected chi connectivity index (χ2v) is 4.06. The summed E-state index contributed by atoms with van der Waals surface area (Å²) in [4.78, 5) is 8.24. The SMILES string of the molecule is CCOC(CC)(CC)C(O)c1nccnc1OC. The highest BCUT2D eigenvalue weighted by Gasteiger charge is 2.39. The van der Waals surface area contributed by atoms with Gasteiger partial charge in [0.15, 0.2) is 0 Å². The zero-order chi connectivity index (χ0) is 13.6. The first kappa shape index (κ1) is 14.9. The molecule has 1 heterocycles. The van der Waals surface area contributed by atoms with Crippen LogP contribution >= 0.6 is 0 Å². The molecule has 0 aromatic carbocycles. The van der Waals surface area contributed by atoms with E-state index in [0.29, 0.717) is 31.0 Å². The minimum atomic E-state index is -0.851. The van der Waals surface area contributed by atoms with Gasteiger partial charge < -0.3 is 14.6 Å². The molecule has 1 atom stereocenters. The third kappa shape index (κ3) is 2.79. The monoisotopic (exact) mass is 254 g/mol. The summed E-state index contributed by atoms with van der Waals surface area (Å²) in [5, 5.41) is 10.6. The summed E-state index contributed by atoms with van der Waals surface area (Å²) in [6, 6.07) is 0. The van der Waals surface area contributed by atoms with Gasteiger partial charge in [-0.05, 0) is 19.8 Å². The lowest BCUT2D eigenvalue weighted by Gasteiger charge is -2.36. The molecule has 0 fully saturated rings. The summed E-state index contributed by atoms with van der Waals surface area (Å²) >= 11 is 0. The molecular formula is C13H22N2O3. The second kappa shape index (κ2) is 6.66. The molecule has 0 radical (unpaired) electrons. The number of hydrogen-bond donors (Lipinski definition) is 1. The van der Waals surface area contributed by atoms with Gasteiger partial charge in [-0.15, -0.1) is 0 Å². The van der Waals surface area contributed by atoms with Crippen LogP contribution in [-0.4, -0.2) is 34.4 Å². The predicted octanol–water partition coefficient (Wildman–Crippen LogP) is 2.11. The maximum atomic E-state index is 10.6. The van der Waals surface area contributed by atoms with Gasteiger partial charge in [-0.2, -0.15) is 0 Å². The molecule has 5 nitrogen and oxygen atoms in total. The van der Waals surface area contributed by atoms with Crippen molar-refractivity contribution in [3.8, 4) is 5.88 Å². The van der Waals surface area contributed by atoms with E-state index in [1.165, 1.54) is 13.3 Å². The number of nitrogens with zero attached hydrogens (tertiary/aromatic N) is 2. The van der Waals surface area contributed by atoms with Crippen molar-refractivity contribution in [2.24, 2.45) is 0 Å². The van der Waals surface area contributed by atoms with Gasteiger partial charge in [0.05, 0.1) is 12.7 Å². The van der Waals surface area contributed by atoms with Gasteiger partial charge >= 0.3 is 0 Å². The number of methoxy groups -OCH3 is 1. The summed E-state index contributed by atoms with van der Waals surface area (Å²) in [6.07, 6.45) is 3.62. The molecule has 0 bridgehead atoms. The predicted molar refractivity (Wildman–Crippen MR) is 68.5 cm³/mol. The van der Waals surface area contributed by atoms with E-state index < -0.39 is 11.7 Å². The van der Waals surface area contributed by atoms with Gasteiger partial charge in [0.2, 0.25) is 5.88 Å². The van der Waals surface area contributed by atoms with E-state index in [1.807, 2.05) is 20.8 Å². The van der Waals surface area contributed by atoms with Crippen molar-refractivity contribution in [1.82, 2.24) is 9.97 Å². The zero-order valence-corrected chi connectivity index (χ0v) is 11.5. The molecule has 0 aliphatic carbocycles. The van der Waals surface area contributed by atoms with Crippen LogP contribution < -0.4 is 4.74 Å². The summed E-state index contributed by atoms with van der Waals surface area (Å²) < 4.78 is 10.9. The molecule has 0 spiro atoms. The lowest BCUT2D eigenvalue weighted by atomic mass is 9.88. The molecule has 1 unspecified atom stereocenters. The van der Waals surface area contributed by atoms with Gasteiger partial charge in [0, 0.05) is 19.0 Å². The molecule has 1 N–H and O–H groups in total. The van der Waals surface area contributed by atoms with Crippen LogP contribution in [0, 0.1) is 0 Å². The molecule has 1 aromatic rings. The number of hydrogen-bond acceptors (Lipinski definition) is 5. The lowest BCUT2D eigenvalue weighted by molar-refractivity contribution is -0.129. The van der Waals surface area contributed by atoms with E-state index in [4.69, 9.17) is 9.47 Å². The number of aliphatic hydroxyl groups excluding tert-OH is 1. The zero-order valence-electron chi connectivity index (χ0n) is 11.5. The summed E-state index contributed by atoms with van der Waals surface area (Å²) in [5.74, 6) is 0.343. The highest BCUT2D eigenvalue weighted by Crippen LogP contribution is 2.37. The Kier molecular flexibility index (Phi) is 5.50. The smallest absolute Gasteiger partial charge is 0.238 e. The molecule has 102 valence electrons. The summed E-state index contributed by atoms with van der Waals surface area (Å²) in [7, 11) is 1.51. The quantitative estimate of drug-likeness (QED) is 0.807. The third-order valence-electron chi connectivity index (χ3n) is 3.27. The van der Waals surface area contributed by atoms with Crippen molar-refractivity contribution in [2.45, 2.75) is 45.3 Å². The maximum absolute atomic E-state index is 10.6. The Hall–Kier alpha value is -1.20. The maximum Gasteiger partial charge on any atom is 0.238 e. The first-order valence-electron chi connectivity index (χ1n) is 6.32. The molecule has 0 saturated heterocycles. The van der Waals surface area contributed by atoms with Gasteiger partial charge in [0.1, 0.15) is 11.8 Å². The molecule has 0 saturated carbocycles. The number of ether oxygens (including phenoxy) is 2. The minimum Gasteiger partial charge on any atom is -0.480 e. The molecule has 18 heavy (non-hydrogen) atoms. The van der Waals surface area contributed by atoms with Crippen LogP contribution in [0.15, 0.2) is 12.4 Å². The highest BCUT2D eigenvalue weighted by molar-refractivity contribution is 5.22. The van der Waals surface area contributed by atoms with Crippen molar-refractivity contribution in [3.05, 3.63) is 18.1 Å². The Labute approximate surface area is 108 Å². The van der Waals surface area contributed by atoms with E-state index >= 15 is 0 Å². The standard InChI is InChI=1S/C13H22N2O3/c1-5-13(6-2,18-7-3)11(16)10-12(17-4)15-9-8-14-10/h8-9,11,16H,5-7H2,1-4H3. The largest absolute Gasteiger partial charge is 0.480 e. The Morgan fingerprint density at radius 1 is 1.22 bits per heavy atom. The Balaban J connectivity index is 3.12. The van der Waals surface area contributed by atoms with Crippen molar-refractivity contribution in [3.63, 3.8) is 0 Å². The van der Waals surface area contributed by atoms with Crippen molar-refractivity contribution in [1.29, 1.82) is 0 Å². The molecule has 1 aromatic heterocycles. The van der Waals surface area contributed by atoms with Gasteiger partial charge in [0.25, 0.3) is 0 Å². The van der Waals surface area contributed by atoms with Crippen LogP contribution in [0.2, 0.25) is 0 Å². The van der Waals surface area contributed by atoms with Crippen LogP contribution in [0.5, 0.6) is 5.88 Å². The van der Waals surface area contributed by atoms with Crippen LogP contribution in [0.1, 0.15) is 45.4 Å². The normalized spacial score (nSPS) is 13.4. The van der Waals surface area contributed by atoms with Crippen LogP contribution in [0.3, 0.4) is 0 Å². The molecule has 0 amide bonds. The highest BCUT2D eigenvalue weighted by atomic mass is 16.5. The molecular weight excluding hydrogens is 232 g/mol. The minimum absolute atomic E-state index is 0.343. The van der Waals surface area contributed by atoms with E-state index in [0.717, 1.165) is 0 Å². The van der Waals surface area contributed by atoms with Crippen molar-refractivity contribution >= 4 is 0 Å². The Morgan fingerprint density at radius 3 is 2.33 bits per heavy atom. The fourth-order valence-electron chi connectivity index (χ4n) is 2.14. The Morgan fingerprint density at radius 2 is 1.83 bits per heavy atom. The molecule has 1 rings (SSSR count). The first-order chi connectivity index (χ1) is 8.65. The van der Waals surface area contributed by atoms with E-state index in [2.05, 4.69) is 9.97 Å². The molecule has 5 heteroatoms. The average molecular weight is 254 g/mol. The fourth-order valence-corrected chi connectivity index (χ4v) is 2.14. The molecule has 0 aliphatic heterocycles. The van der Waals surface area contributed by atoms with Gasteiger partial charge in [-0.1, -0.05) is 13.8 Å². The fraction of sp³-hybridized carbons (Fsp3) is 0.692. The lowest BCUT2D eigenvalue weighted by Crippen LogP contribution is -2.39. The second-order valence-electron chi connectivity index (χ2n) is 4.06. The van der Waals surface area contributed by atoms with Crippen molar-refractivity contribution in [2.75, 3.05) is 13.7 Å². The van der Waals surface area contributed by atoms with Crippen LogP contribution in [0.4, 0.5) is 0 Å². The van der Waals surface area contributed by atoms with Crippen LogP contribution in [-0.2, 0) is 4.74 Å². The number of aliphatic hydroxyl groups is 1. The van der Waals surface area contributed by atoms with E-state index in [1.54, 1.807) is 6.20 Å². The summed E-state index contributed by atoms with van der Waals surface area (Å²) in [5.41, 5.74) is -0.213. The molecule has 0 aliphatic rings. The number of aromatic nitrogens is 2. The average Bonchev–Trinajstić information content (AvgIpc) is 2.44. The number of rotatable bonds is 7. The topological polar surface area (TPSA) is 64.5 Å². The first-order valence-corrected chi connectivity index (χ1v) is 6.32. The van der Waals surface area contributed by atoms with Gasteiger partial charge in [-0.3, -0.25) is 4.98 Å². The van der Waals surface area contributed by atoms with E-state index in [-0.39, 0.29) is 0 Å². The Bertz CT molecular complexity index is 367.